The van der Waals surface area contributed by atoms with Crippen LogP contribution in [0.15, 0.2) is 65.5 Å². The van der Waals surface area contributed by atoms with Crippen LogP contribution in [0.1, 0.15) is 11.1 Å². The minimum atomic E-state index is 0.0139. The summed E-state index contributed by atoms with van der Waals surface area (Å²) >= 11 is 0. The number of aromatic nitrogens is 1. The highest BCUT2D eigenvalue weighted by atomic mass is 16.1. The third-order valence-electron chi connectivity index (χ3n) is 3.11. The normalized spacial score (nSPS) is 10.7. The maximum Gasteiger partial charge on any atom is 0.252 e. The van der Waals surface area contributed by atoms with Gasteiger partial charge in [-0.05, 0) is 11.6 Å². The minimum absolute atomic E-state index is 0.0139. The van der Waals surface area contributed by atoms with Crippen molar-refractivity contribution in [1.29, 1.82) is 0 Å². The monoisotopic (exact) mass is 235 g/mol. The van der Waals surface area contributed by atoms with Crippen LogP contribution in [-0.4, -0.2) is 4.98 Å². The molecule has 0 radical (unpaired) electrons. The zero-order valence-electron chi connectivity index (χ0n) is 9.89. The molecule has 1 aliphatic carbocycles. The van der Waals surface area contributed by atoms with Gasteiger partial charge in [-0.2, -0.15) is 0 Å². The fourth-order valence-corrected chi connectivity index (χ4v) is 2.21. The van der Waals surface area contributed by atoms with E-state index in [1.54, 1.807) is 0 Å². The van der Waals surface area contributed by atoms with Gasteiger partial charge in [0.2, 0.25) is 0 Å². The molecule has 1 heterocycles. The summed E-state index contributed by atoms with van der Waals surface area (Å²) in [4.78, 5) is 14.9. The van der Waals surface area contributed by atoms with Crippen LogP contribution < -0.4 is 5.56 Å². The Morgan fingerprint density at radius 2 is 1.50 bits per heavy atom. The van der Waals surface area contributed by atoms with Gasteiger partial charge in [0, 0.05) is 23.2 Å². The molecule has 0 aromatic heterocycles. The first-order valence-corrected chi connectivity index (χ1v) is 5.98. The highest BCUT2D eigenvalue weighted by molar-refractivity contribution is 5.65. The van der Waals surface area contributed by atoms with Gasteiger partial charge in [0.05, 0.1) is 0 Å². The summed E-state index contributed by atoms with van der Waals surface area (Å²) in [7, 11) is 0. The first kappa shape index (κ1) is 10.8. The molecular formula is C16H13NO. The number of fused-ring (bicyclic) bond motifs is 1. The third-order valence-corrected chi connectivity index (χ3v) is 3.11. The van der Waals surface area contributed by atoms with E-state index < -0.39 is 0 Å². The molecule has 2 aliphatic rings. The number of rotatable bonds is 2. The molecule has 0 spiro atoms. The van der Waals surface area contributed by atoms with Crippen molar-refractivity contribution < 1.29 is 0 Å². The Kier molecular flexibility index (Phi) is 2.69. The molecule has 1 aromatic carbocycles. The van der Waals surface area contributed by atoms with E-state index in [1.165, 1.54) is 0 Å². The van der Waals surface area contributed by atoms with Crippen molar-refractivity contribution in [1.82, 2.24) is 4.98 Å². The first-order valence-electron chi connectivity index (χ1n) is 5.98. The van der Waals surface area contributed by atoms with Crippen molar-refractivity contribution in [3.63, 3.8) is 0 Å². The summed E-state index contributed by atoms with van der Waals surface area (Å²) in [6, 6.07) is 19.8. The molecule has 1 aromatic rings. The van der Waals surface area contributed by atoms with Crippen LogP contribution in [0.2, 0.25) is 0 Å². The topological polar surface area (TPSA) is 32.9 Å². The lowest BCUT2D eigenvalue weighted by Gasteiger charge is -2.00. The summed E-state index contributed by atoms with van der Waals surface area (Å²) in [6.07, 6.45) is 0.670. The summed E-state index contributed by atoms with van der Waals surface area (Å²) in [5.41, 5.74) is 3.92. The number of hydrogen-bond acceptors (Lipinski definition) is 1. The Morgan fingerprint density at radius 1 is 0.833 bits per heavy atom. The maximum atomic E-state index is 12.0. The van der Waals surface area contributed by atoms with Gasteiger partial charge in [0.15, 0.2) is 0 Å². The van der Waals surface area contributed by atoms with Crippen LogP contribution in [0.5, 0.6) is 0 Å². The van der Waals surface area contributed by atoms with Crippen molar-refractivity contribution in [2.24, 2.45) is 0 Å². The molecule has 0 fully saturated rings. The smallest absolute Gasteiger partial charge is 0.252 e. The number of benzene rings is 1. The van der Waals surface area contributed by atoms with Gasteiger partial charge < -0.3 is 4.98 Å². The van der Waals surface area contributed by atoms with Crippen molar-refractivity contribution in [2.75, 3.05) is 0 Å². The molecule has 2 nitrogen and oxygen atoms in total. The van der Waals surface area contributed by atoms with Crippen molar-refractivity contribution in [2.45, 2.75) is 6.42 Å². The highest BCUT2D eigenvalue weighted by Crippen LogP contribution is 2.22. The fraction of sp³-hybridized carbons (Fsp3) is 0.0625. The molecule has 0 bridgehead atoms. The van der Waals surface area contributed by atoms with E-state index in [1.807, 2.05) is 60.7 Å². The molecule has 1 aliphatic heterocycles. The zero-order valence-corrected chi connectivity index (χ0v) is 9.89. The third kappa shape index (κ3) is 1.93. The van der Waals surface area contributed by atoms with Crippen LogP contribution in [0.4, 0.5) is 0 Å². The van der Waals surface area contributed by atoms with E-state index in [0.29, 0.717) is 6.42 Å². The summed E-state index contributed by atoms with van der Waals surface area (Å²) in [6.45, 7) is 0. The van der Waals surface area contributed by atoms with E-state index in [2.05, 4.69) is 4.98 Å². The molecule has 0 unspecified atom stereocenters. The molecular weight excluding hydrogens is 222 g/mol. The minimum Gasteiger partial charge on any atom is -0.322 e. The van der Waals surface area contributed by atoms with Crippen LogP contribution in [0.3, 0.4) is 0 Å². The zero-order chi connectivity index (χ0) is 12.4. The Bertz CT molecular complexity index is 685. The number of hydrogen-bond donors (Lipinski definition) is 1. The van der Waals surface area contributed by atoms with Crippen molar-refractivity contribution in [3.8, 4) is 11.3 Å². The molecule has 0 saturated heterocycles. The van der Waals surface area contributed by atoms with Gasteiger partial charge in [-0.25, -0.2) is 0 Å². The van der Waals surface area contributed by atoms with Gasteiger partial charge in [-0.15, -0.1) is 0 Å². The number of nitrogens with one attached hydrogen (secondary N) is 1. The standard InChI is InChI=1S/C16H13NO/c18-16-14(11-12-7-3-1-4-8-12)13-9-5-2-6-10-15(13)17-16/h1-10H,11H2,(H,17,18). The lowest BCUT2D eigenvalue weighted by atomic mass is 10.0. The molecule has 0 saturated carbocycles. The van der Waals surface area contributed by atoms with Crippen LogP contribution in [0.25, 0.3) is 11.3 Å². The average Bonchev–Trinajstić information content (AvgIpc) is 2.56. The van der Waals surface area contributed by atoms with Gasteiger partial charge in [-0.3, -0.25) is 4.79 Å². The summed E-state index contributed by atoms with van der Waals surface area (Å²) in [5.74, 6) is 0. The van der Waals surface area contributed by atoms with Crippen molar-refractivity contribution in [3.05, 3.63) is 82.1 Å². The molecule has 1 N–H and O–H groups in total. The van der Waals surface area contributed by atoms with E-state index in [-0.39, 0.29) is 5.56 Å². The van der Waals surface area contributed by atoms with Gasteiger partial charge in [-0.1, -0.05) is 54.6 Å². The lowest BCUT2D eigenvalue weighted by molar-refractivity contribution is 1.16. The van der Waals surface area contributed by atoms with E-state index in [4.69, 9.17) is 0 Å². The van der Waals surface area contributed by atoms with Crippen LogP contribution >= 0.6 is 0 Å². The van der Waals surface area contributed by atoms with E-state index in [9.17, 15) is 4.79 Å². The van der Waals surface area contributed by atoms with Gasteiger partial charge in [0.1, 0.15) is 0 Å². The van der Waals surface area contributed by atoms with Gasteiger partial charge in [0.25, 0.3) is 5.56 Å². The highest BCUT2D eigenvalue weighted by Gasteiger charge is 2.13. The lowest BCUT2D eigenvalue weighted by Crippen LogP contribution is -2.05. The second-order valence-corrected chi connectivity index (χ2v) is 4.33. The molecule has 18 heavy (non-hydrogen) atoms. The second kappa shape index (κ2) is 4.49. The molecule has 0 atom stereocenters. The van der Waals surface area contributed by atoms with E-state index >= 15 is 0 Å². The largest absolute Gasteiger partial charge is 0.322 e. The predicted octanol–water partition coefficient (Wildman–Crippen LogP) is 3.07. The Balaban J connectivity index is 2.09. The Morgan fingerprint density at radius 3 is 2.28 bits per heavy atom. The van der Waals surface area contributed by atoms with Crippen LogP contribution in [-0.2, 0) is 6.42 Å². The number of aromatic amines is 1. The molecule has 0 amide bonds. The summed E-state index contributed by atoms with van der Waals surface area (Å²) < 4.78 is 0. The fourth-order valence-electron chi connectivity index (χ4n) is 2.21. The Hall–Kier alpha value is -2.35. The second-order valence-electron chi connectivity index (χ2n) is 4.33. The first-order chi connectivity index (χ1) is 8.84. The quantitative estimate of drug-likeness (QED) is 0.727. The Labute approximate surface area is 105 Å². The number of H-pyrrole nitrogens is 1. The molecule has 3 rings (SSSR count). The summed E-state index contributed by atoms with van der Waals surface area (Å²) in [5, 5.41) is 0. The predicted molar refractivity (Wildman–Crippen MR) is 72.9 cm³/mol. The molecule has 2 heteroatoms. The average molecular weight is 235 g/mol. The van der Waals surface area contributed by atoms with Crippen LogP contribution in [0, 0.1) is 0 Å². The van der Waals surface area contributed by atoms with E-state index in [0.717, 1.165) is 22.4 Å². The maximum absolute atomic E-state index is 12.0. The molecule has 88 valence electrons. The van der Waals surface area contributed by atoms with Gasteiger partial charge >= 0.3 is 0 Å². The SMILES string of the molecule is O=c1[nH]c2cccccc-2c1Cc1ccccc1. The van der Waals surface area contributed by atoms with Crippen molar-refractivity contribution >= 4 is 0 Å².